The van der Waals surface area contributed by atoms with Crippen molar-refractivity contribution in [3.8, 4) is 0 Å². The van der Waals surface area contributed by atoms with Crippen LogP contribution in [0.5, 0.6) is 0 Å². The molecule has 0 radical (unpaired) electrons. The van der Waals surface area contributed by atoms with E-state index in [1.807, 2.05) is 30.1 Å². The van der Waals surface area contributed by atoms with Crippen LogP contribution in [0, 0.1) is 0 Å². The summed E-state index contributed by atoms with van der Waals surface area (Å²) in [6.07, 6.45) is 8.99. The van der Waals surface area contributed by atoms with Crippen molar-refractivity contribution < 1.29 is 9.53 Å². The first-order chi connectivity index (χ1) is 12.7. The molecule has 0 bridgehead atoms. The van der Waals surface area contributed by atoms with E-state index in [-0.39, 0.29) is 17.2 Å². The molecule has 1 unspecified atom stereocenters. The van der Waals surface area contributed by atoms with Crippen LogP contribution >= 0.6 is 11.8 Å². The first-order valence-electron chi connectivity index (χ1n) is 8.62. The Bertz CT molecular complexity index is 956. The van der Waals surface area contributed by atoms with E-state index in [2.05, 4.69) is 20.3 Å². The number of aromatic nitrogens is 4. The van der Waals surface area contributed by atoms with Crippen LogP contribution < -0.4 is 0 Å². The number of nitrogens with one attached hydrogen (secondary N) is 1. The highest BCUT2D eigenvalue weighted by atomic mass is 32.2. The molecule has 2 aromatic heterocycles. The van der Waals surface area contributed by atoms with E-state index in [9.17, 15) is 4.79 Å². The Morgan fingerprint density at radius 3 is 3.15 bits per heavy atom. The Labute approximate surface area is 154 Å². The highest BCUT2D eigenvalue weighted by Crippen LogP contribution is 2.52. The Morgan fingerprint density at radius 1 is 1.46 bits per heavy atom. The smallest absolute Gasteiger partial charge is 0.264 e. The summed E-state index contributed by atoms with van der Waals surface area (Å²) < 4.78 is 7.94. The maximum atomic E-state index is 12.8. The second kappa shape index (κ2) is 5.98. The van der Waals surface area contributed by atoms with Gasteiger partial charge in [0.15, 0.2) is 0 Å². The summed E-state index contributed by atoms with van der Waals surface area (Å²) in [5.41, 5.74) is 3.89. The third-order valence-corrected chi connectivity index (χ3v) is 6.26. The van der Waals surface area contributed by atoms with E-state index in [0.717, 1.165) is 45.9 Å². The van der Waals surface area contributed by atoms with E-state index in [1.165, 1.54) is 11.8 Å². The number of amides is 1. The number of allylic oxidation sites excluding steroid dienone is 2. The van der Waals surface area contributed by atoms with Crippen LogP contribution in [0.3, 0.4) is 0 Å². The van der Waals surface area contributed by atoms with Crippen LogP contribution in [0.4, 0.5) is 0 Å². The van der Waals surface area contributed by atoms with Gasteiger partial charge in [0.2, 0.25) is 0 Å². The molecular formula is C18H17N5O2S. The number of rotatable bonds is 3. The number of aromatic amines is 1. The number of ether oxygens (including phenoxy) is 1. The molecule has 26 heavy (non-hydrogen) atoms. The van der Waals surface area contributed by atoms with Gasteiger partial charge in [0.1, 0.15) is 11.0 Å². The maximum Gasteiger partial charge on any atom is 0.264 e. The molecule has 5 rings (SSSR count). The van der Waals surface area contributed by atoms with Crippen molar-refractivity contribution in [1.82, 2.24) is 20.0 Å². The van der Waals surface area contributed by atoms with Crippen LogP contribution in [0.25, 0.3) is 4.91 Å². The van der Waals surface area contributed by atoms with Gasteiger partial charge in [-0.25, -0.2) is 4.99 Å². The van der Waals surface area contributed by atoms with E-state index in [0.29, 0.717) is 6.61 Å². The van der Waals surface area contributed by atoms with E-state index in [1.54, 1.807) is 12.4 Å². The number of hydrogen-bond donors (Lipinski definition) is 1. The molecule has 0 aliphatic carbocycles. The van der Waals surface area contributed by atoms with Crippen LogP contribution in [0.15, 0.2) is 52.8 Å². The first-order valence-corrected chi connectivity index (χ1v) is 9.50. The van der Waals surface area contributed by atoms with Gasteiger partial charge < -0.3 is 4.74 Å². The zero-order valence-electron chi connectivity index (χ0n) is 14.2. The second-order valence-corrected chi connectivity index (χ2v) is 7.60. The van der Waals surface area contributed by atoms with Crippen molar-refractivity contribution in [2.24, 2.45) is 4.99 Å². The molecule has 132 valence electrons. The Kier molecular flexibility index (Phi) is 3.59. The molecule has 3 aliphatic rings. The second-order valence-electron chi connectivity index (χ2n) is 6.48. The summed E-state index contributed by atoms with van der Waals surface area (Å²) in [7, 11) is 0. The molecule has 1 N–H and O–H groups in total. The average Bonchev–Trinajstić information content (AvgIpc) is 3.37. The van der Waals surface area contributed by atoms with Crippen molar-refractivity contribution in [1.29, 1.82) is 0 Å². The molecule has 7 nitrogen and oxygen atoms in total. The lowest BCUT2D eigenvalue weighted by Gasteiger charge is -2.25. The number of carbonyl (C=O) groups is 1. The van der Waals surface area contributed by atoms with Crippen LogP contribution in [-0.4, -0.2) is 43.5 Å². The minimum atomic E-state index is -0.323. The molecule has 0 saturated carbocycles. The van der Waals surface area contributed by atoms with Crippen LogP contribution in [-0.2, 0) is 9.53 Å². The number of hydrogen-bond acceptors (Lipinski definition) is 5. The summed E-state index contributed by atoms with van der Waals surface area (Å²) in [4.78, 5) is 18.3. The lowest BCUT2D eigenvalue weighted by atomic mass is 9.89. The van der Waals surface area contributed by atoms with Gasteiger partial charge in [-0.15, -0.1) is 11.8 Å². The van der Waals surface area contributed by atoms with Gasteiger partial charge in [0.25, 0.3) is 5.91 Å². The summed E-state index contributed by atoms with van der Waals surface area (Å²) in [5, 5.41) is 10.9. The lowest BCUT2D eigenvalue weighted by molar-refractivity contribution is -0.116. The molecule has 2 atom stereocenters. The summed E-state index contributed by atoms with van der Waals surface area (Å²) >= 11 is 1.52. The Morgan fingerprint density at radius 2 is 2.38 bits per heavy atom. The van der Waals surface area contributed by atoms with Gasteiger partial charge in [-0.05, 0) is 31.4 Å². The molecule has 2 aromatic rings. The fourth-order valence-electron chi connectivity index (χ4n) is 3.71. The van der Waals surface area contributed by atoms with Gasteiger partial charge in [0.05, 0.1) is 29.5 Å². The first kappa shape index (κ1) is 15.6. The summed E-state index contributed by atoms with van der Waals surface area (Å²) in [5.74, 6) is 0.701. The van der Waals surface area contributed by atoms with Crippen molar-refractivity contribution in [2.45, 2.75) is 31.1 Å². The number of aliphatic imine (C=N–C) groups is 1. The molecular weight excluding hydrogens is 350 g/mol. The van der Waals surface area contributed by atoms with Crippen molar-refractivity contribution in [3.63, 3.8) is 0 Å². The molecule has 1 amide bonds. The third-order valence-electron chi connectivity index (χ3n) is 4.93. The molecule has 3 aliphatic heterocycles. The molecule has 0 fully saturated rings. The Balaban J connectivity index is 1.67. The SMILES string of the molecule is C[C@H](C1=NC(=O)C2SC(c3cn[nH]c3)=C3OCCCC1=C32)n1cccn1. The highest BCUT2D eigenvalue weighted by molar-refractivity contribution is 8.10. The summed E-state index contributed by atoms with van der Waals surface area (Å²) in [6, 6.07) is 1.78. The van der Waals surface area contributed by atoms with Gasteiger partial charge in [-0.1, -0.05) is 0 Å². The molecule has 5 heterocycles. The van der Waals surface area contributed by atoms with Crippen molar-refractivity contribution in [3.05, 3.63) is 53.3 Å². The van der Waals surface area contributed by atoms with Crippen LogP contribution in [0.1, 0.15) is 31.4 Å². The quantitative estimate of drug-likeness (QED) is 0.902. The topological polar surface area (TPSA) is 85.2 Å². The zero-order valence-corrected chi connectivity index (χ0v) is 15.0. The van der Waals surface area contributed by atoms with Crippen LogP contribution in [0.2, 0.25) is 0 Å². The Hall–Kier alpha value is -2.61. The lowest BCUT2D eigenvalue weighted by Crippen LogP contribution is -2.30. The van der Waals surface area contributed by atoms with E-state index >= 15 is 0 Å². The average molecular weight is 367 g/mol. The largest absolute Gasteiger partial charge is 0.492 e. The number of H-pyrrole nitrogens is 1. The van der Waals surface area contributed by atoms with E-state index in [4.69, 9.17) is 4.74 Å². The molecule has 0 spiro atoms. The monoisotopic (exact) mass is 367 g/mol. The normalized spacial score (nSPS) is 23.5. The molecule has 0 aromatic carbocycles. The minimum Gasteiger partial charge on any atom is -0.492 e. The fraction of sp³-hybridized carbons (Fsp3) is 0.333. The number of dihydropyridines is 1. The number of thioether (sulfide) groups is 1. The van der Waals surface area contributed by atoms with E-state index < -0.39 is 0 Å². The third kappa shape index (κ3) is 2.28. The molecule has 0 saturated heterocycles. The number of carbonyl (C=O) groups excluding carboxylic acids is 1. The molecule has 8 heteroatoms. The minimum absolute atomic E-state index is 0.0975. The van der Waals surface area contributed by atoms with Gasteiger partial charge in [-0.2, -0.15) is 10.2 Å². The number of nitrogens with zero attached hydrogens (tertiary/aromatic N) is 4. The predicted octanol–water partition coefficient (Wildman–Crippen LogP) is 2.74. The zero-order chi connectivity index (χ0) is 17.7. The fourth-order valence-corrected chi connectivity index (χ4v) is 4.99. The predicted molar refractivity (Wildman–Crippen MR) is 98.5 cm³/mol. The van der Waals surface area contributed by atoms with Crippen molar-refractivity contribution >= 4 is 28.3 Å². The van der Waals surface area contributed by atoms with Crippen molar-refractivity contribution in [2.75, 3.05) is 6.61 Å². The van der Waals surface area contributed by atoms with Gasteiger partial charge in [0, 0.05) is 29.7 Å². The highest BCUT2D eigenvalue weighted by Gasteiger charge is 2.44. The summed E-state index contributed by atoms with van der Waals surface area (Å²) in [6.45, 7) is 2.66. The van der Waals surface area contributed by atoms with Gasteiger partial charge in [-0.3, -0.25) is 14.6 Å². The maximum absolute atomic E-state index is 12.8. The van der Waals surface area contributed by atoms with Gasteiger partial charge >= 0.3 is 0 Å². The standard InChI is InChI=1S/C18H17N5O2S/c1-10(23-6-3-5-21-23)14-12-4-2-7-25-15-13(12)17(18(24)22-14)26-16(15)11-8-19-20-9-11/h3,5-6,8-10,17H,2,4,7H2,1H3,(H,19,20)/t10-,17?/m1/s1.